The normalized spacial score (nSPS) is 20.8. The van der Waals surface area contributed by atoms with E-state index in [1.54, 1.807) is 0 Å². The average Bonchev–Trinajstić information content (AvgIpc) is 2.68. The zero-order valence-electron chi connectivity index (χ0n) is 10.0. The molecule has 1 fully saturated rings. The number of nitrogens with zero attached hydrogens (tertiary/aromatic N) is 1. The zero-order valence-corrected chi connectivity index (χ0v) is 10.8. The van der Waals surface area contributed by atoms with Crippen molar-refractivity contribution in [3.8, 4) is 0 Å². The number of rotatable bonds is 1. The van der Waals surface area contributed by atoms with Crippen LogP contribution in [0.2, 0.25) is 5.02 Å². The molecule has 1 atom stereocenters. The van der Waals surface area contributed by atoms with Crippen molar-refractivity contribution in [1.29, 1.82) is 0 Å². The Bertz CT molecular complexity index is 550. The van der Waals surface area contributed by atoms with Crippen molar-refractivity contribution < 1.29 is 4.74 Å². The summed E-state index contributed by atoms with van der Waals surface area (Å²) in [6.07, 6.45) is 1.02. The van der Waals surface area contributed by atoms with Gasteiger partial charge in [-0.05, 0) is 25.1 Å². The third-order valence-electron chi connectivity index (χ3n) is 3.20. The molecular formula is C14H15ClN2O. The van der Waals surface area contributed by atoms with Crippen LogP contribution in [0.25, 0.3) is 10.9 Å². The molecule has 0 spiro atoms. The van der Waals surface area contributed by atoms with Crippen LogP contribution in [-0.4, -0.2) is 24.7 Å². The number of fused-ring (bicyclic) bond motifs is 1. The first-order valence-electron chi connectivity index (χ1n) is 6.22. The van der Waals surface area contributed by atoms with E-state index < -0.39 is 0 Å². The lowest BCUT2D eigenvalue weighted by Crippen LogP contribution is -2.16. The molecule has 1 aromatic heterocycles. The van der Waals surface area contributed by atoms with Crippen LogP contribution in [0.5, 0.6) is 0 Å². The van der Waals surface area contributed by atoms with E-state index in [4.69, 9.17) is 16.3 Å². The molecule has 4 heteroatoms. The molecule has 94 valence electrons. The van der Waals surface area contributed by atoms with E-state index in [0.29, 0.717) is 5.02 Å². The molecule has 0 saturated carbocycles. The summed E-state index contributed by atoms with van der Waals surface area (Å²) in [5.41, 5.74) is 1.83. The van der Waals surface area contributed by atoms with E-state index in [0.717, 1.165) is 42.7 Å². The lowest BCUT2D eigenvalue weighted by Gasteiger charge is -2.14. The molecule has 3 nitrogen and oxygen atoms in total. The second kappa shape index (κ2) is 5.22. The molecule has 18 heavy (non-hydrogen) atoms. The number of halogens is 1. The third kappa shape index (κ3) is 2.34. The second-order valence-corrected chi connectivity index (χ2v) is 4.85. The lowest BCUT2D eigenvalue weighted by molar-refractivity contribution is 0.0616. The predicted molar refractivity (Wildman–Crippen MR) is 72.9 cm³/mol. The Hall–Kier alpha value is -1.16. The van der Waals surface area contributed by atoms with Gasteiger partial charge in [0.05, 0.1) is 22.8 Å². The zero-order chi connectivity index (χ0) is 12.4. The molecule has 0 radical (unpaired) electrons. The number of nitrogens with one attached hydrogen (secondary N) is 1. The number of hydrogen-bond acceptors (Lipinski definition) is 3. The molecule has 3 rings (SSSR count). The summed E-state index contributed by atoms with van der Waals surface area (Å²) in [5, 5.41) is 5.08. The molecule has 0 aliphatic carbocycles. The van der Waals surface area contributed by atoms with Gasteiger partial charge in [-0.1, -0.05) is 29.8 Å². The minimum atomic E-state index is 0.0701. The smallest absolute Gasteiger partial charge is 0.101 e. The average molecular weight is 263 g/mol. The Morgan fingerprint density at radius 3 is 3.11 bits per heavy atom. The molecule has 1 saturated heterocycles. The van der Waals surface area contributed by atoms with Gasteiger partial charge < -0.3 is 10.1 Å². The number of pyridine rings is 1. The lowest BCUT2D eigenvalue weighted by atomic mass is 10.1. The number of hydrogen-bond donors (Lipinski definition) is 1. The van der Waals surface area contributed by atoms with Crippen molar-refractivity contribution in [3.63, 3.8) is 0 Å². The molecule has 2 aromatic rings. The van der Waals surface area contributed by atoms with Crippen LogP contribution >= 0.6 is 11.6 Å². The summed E-state index contributed by atoms with van der Waals surface area (Å²) in [7, 11) is 0. The van der Waals surface area contributed by atoms with Gasteiger partial charge in [-0.25, -0.2) is 4.98 Å². The van der Waals surface area contributed by atoms with Crippen molar-refractivity contribution >= 4 is 22.5 Å². The van der Waals surface area contributed by atoms with Gasteiger partial charge in [-0.15, -0.1) is 0 Å². The van der Waals surface area contributed by atoms with Crippen molar-refractivity contribution in [3.05, 3.63) is 41.0 Å². The molecule has 0 bridgehead atoms. The van der Waals surface area contributed by atoms with Crippen molar-refractivity contribution in [2.24, 2.45) is 0 Å². The van der Waals surface area contributed by atoms with Crippen LogP contribution in [0, 0.1) is 0 Å². The number of ether oxygens (including phenoxy) is 1. The van der Waals surface area contributed by atoms with Crippen LogP contribution in [0.3, 0.4) is 0 Å². The van der Waals surface area contributed by atoms with Gasteiger partial charge >= 0.3 is 0 Å². The van der Waals surface area contributed by atoms with Crippen LogP contribution < -0.4 is 5.32 Å². The maximum Gasteiger partial charge on any atom is 0.101 e. The van der Waals surface area contributed by atoms with Gasteiger partial charge in [0.1, 0.15) is 6.10 Å². The van der Waals surface area contributed by atoms with Gasteiger partial charge in [-0.3, -0.25) is 0 Å². The van der Waals surface area contributed by atoms with E-state index in [-0.39, 0.29) is 6.10 Å². The van der Waals surface area contributed by atoms with E-state index in [1.807, 2.05) is 24.3 Å². The summed E-state index contributed by atoms with van der Waals surface area (Å²) in [6, 6.07) is 9.93. The topological polar surface area (TPSA) is 34.1 Å². The molecule has 0 amide bonds. The van der Waals surface area contributed by atoms with Gasteiger partial charge in [0.2, 0.25) is 0 Å². The van der Waals surface area contributed by atoms with Crippen molar-refractivity contribution in [1.82, 2.24) is 10.3 Å². The predicted octanol–water partition coefficient (Wildman–Crippen LogP) is 2.94. The third-order valence-corrected chi connectivity index (χ3v) is 3.51. The van der Waals surface area contributed by atoms with E-state index >= 15 is 0 Å². The minimum absolute atomic E-state index is 0.0701. The van der Waals surface area contributed by atoms with Gasteiger partial charge in [0.25, 0.3) is 0 Å². The van der Waals surface area contributed by atoms with Crippen LogP contribution in [0.15, 0.2) is 30.3 Å². The van der Waals surface area contributed by atoms with Gasteiger partial charge in [0.15, 0.2) is 0 Å². The first-order chi connectivity index (χ1) is 8.84. The highest BCUT2D eigenvalue weighted by molar-refractivity contribution is 6.35. The van der Waals surface area contributed by atoms with E-state index in [1.165, 1.54) is 0 Å². The number of para-hydroxylation sites is 1. The molecule has 1 N–H and O–H groups in total. The number of benzene rings is 1. The quantitative estimate of drug-likeness (QED) is 0.858. The minimum Gasteiger partial charge on any atom is -0.371 e. The maximum atomic E-state index is 6.18. The molecule has 1 aliphatic heterocycles. The monoisotopic (exact) mass is 262 g/mol. The Balaban J connectivity index is 1.99. The van der Waals surface area contributed by atoms with Crippen LogP contribution in [0.1, 0.15) is 18.2 Å². The van der Waals surface area contributed by atoms with Gasteiger partial charge in [-0.2, -0.15) is 0 Å². The highest BCUT2D eigenvalue weighted by atomic mass is 35.5. The Labute approximate surface area is 111 Å². The summed E-state index contributed by atoms with van der Waals surface area (Å²) < 4.78 is 5.81. The Morgan fingerprint density at radius 1 is 1.22 bits per heavy atom. The fourth-order valence-corrected chi connectivity index (χ4v) is 2.48. The second-order valence-electron chi connectivity index (χ2n) is 4.45. The molecular weight excluding hydrogens is 248 g/mol. The maximum absolute atomic E-state index is 6.18. The first-order valence-corrected chi connectivity index (χ1v) is 6.60. The largest absolute Gasteiger partial charge is 0.371 e. The Kier molecular flexibility index (Phi) is 3.46. The van der Waals surface area contributed by atoms with E-state index in [2.05, 4.69) is 16.4 Å². The summed E-state index contributed by atoms with van der Waals surface area (Å²) >= 11 is 6.18. The molecule has 2 heterocycles. The highest BCUT2D eigenvalue weighted by Crippen LogP contribution is 2.26. The summed E-state index contributed by atoms with van der Waals surface area (Å²) in [6.45, 7) is 2.60. The first kappa shape index (κ1) is 11.9. The van der Waals surface area contributed by atoms with E-state index in [9.17, 15) is 0 Å². The van der Waals surface area contributed by atoms with Crippen LogP contribution in [0.4, 0.5) is 0 Å². The molecule has 1 unspecified atom stereocenters. The molecule has 1 aromatic carbocycles. The summed E-state index contributed by atoms with van der Waals surface area (Å²) in [5.74, 6) is 0. The van der Waals surface area contributed by atoms with Crippen LogP contribution in [-0.2, 0) is 4.74 Å². The standard InChI is InChI=1S/C14H15ClN2O/c15-11-3-1-2-10-4-5-12(17-14(10)11)13-6-7-16-8-9-18-13/h1-5,13,16H,6-9H2. The van der Waals surface area contributed by atoms with Crippen molar-refractivity contribution in [2.45, 2.75) is 12.5 Å². The Morgan fingerprint density at radius 2 is 2.17 bits per heavy atom. The van der Waals surface area contributed by atoms with Crippen molar-refractivity contribution in [2.75, 3.05) is 19.7 Å². The number of aromatic nitrogens is 1. The molecule has 1 aliphatic rings. The highest BCUT2D eigenvalue weighted by Gasteiger charge is 2.16. The van der Waals surface area contributed by atoms with Gasteiger partial charge in [0, 0.05) is 11.9 Å². The SMILES string of the molecule is Clc1cccc2ccc(C3CCNCCO3)nc12. The summed E-state index contributed by atoms with van der Waals surface area (Å²) in [4.78, 5) is 4.66. The fraction of sp³-hybridized carbons (Fsp3) is 0.357. The fourth-order valence-electron chi connectivity index (χ4n) is 2.25.